The van der Waals surface area contributed by atoms with E-state index in [0.717, 1.165) is 4.49 Å². The quantitative estimate of drug-likeness (QED) is 0.335. The zero-order valence-electron chi connectivity index (χ0n) is 3.47. The van der Waals surface area contributed by atoms with Gasteiger partial charge in [0.15, 0.2) is 0 Å². The monoisotopic (exact) mass is 160 g/mol. The van der Waals surface area contributed by atoms with Crippen LogP contribution in [0.3, 0.4) is 0 Å². The predicted octanol–water partition coefficient (Wildman–Crippen LogP) is -1.54. The van der Waals surface area contributed by atoms with Crippen LogP contribution in [0.15, 0.2) is 0 Å². The van der Waals surface area contributed by atoms with E-state index in [1.54, 1.807) is 0 Å². The molecular weight excluding hydrogens is 157 g/mol. The summed E-state index contributed by atoms with van der Waals surface area (Å²) in [6.45, 7) is 0. The average Bonchev–Trinajstić information content (AvgIpc) is 1.21. The fourth-order valence-corrected chi connectivity index (χ4v) is 0.874. The number of nitrogens with one attached hydrogen (secondary N) is 1. The Morgan fingerprint density at radius 3 is 2.00 bits per heavy atom. The van der Waals surface area contributed by atoms with Crippen LogP contribution in [-0.4, -0.2) is 18.5 Å². The molecular formula is H3NO5PS-. The van der Waals surface area contributed by atoms with E-state index in [-0.39, 0.29) is 0 Å². The van der Waals surface area contributed by atoms with Crippen LogP contribution in [0.1, 0.15) is 0 Å². The Kier molecular flexibility index (Phi) is 2.75. The minimum Gasteiger partial charge on any atom is -0.759 e. The molecule has 0 aliphatic rings. The van der Waals surface area contributed by atoms with Gasteiger partial charge in [-0.3, -0.25) is 4.21 Å². The Morgan fingerprint density at radius 1 is 1.62 bits per heavy atom. The third kappa shape index (κ3) is 6.22. The topological polar surface area (TPSA) is 110 Å². The zero-order valence-corrected chi connectivity index (χ0v) is 5.19. The lowest BCUT2D eigenvalue weighted by Gasteiger charge is -2.06. The lowest BCUT2D eigenvalue weighted by Crippen LogP contribution is -2.11. The van der Waals surface area contributed by atoms with Crippen LogP contribution in [0, 0.1) is 0 Å². The Bertz CT molecular complexity index is 135. The summed E-state index contributed by atoms with van der Waals surface area (Å²) in [5.74, 6) is 0. The van der Waals surface area contributed by atoms with Crippen molar-refractivity contribution in [3.63, 3.8) is 0 Å². The standard InChI is InChI=1S/H4NO5PS/c2-7(3,4)1-8(5)6/h(H,5,6)(H3,1,2,3,4)/p-1. The van der Waals surface area contributed by atoms with Crippen molar-refractivity contribution < 1.29 is 23.1 Å². The van der Waals surface area contributed by atoms with E-state index in [2.05, 4.69) is 0 Å². The van der Waals surface area contributed by atoms with Gasteiger partial charge in [-0.1, -0.05) is 0 Å². The highest BCUT2D eigenvalue weighted by Crippen LogP contribution is 2.27. The minimum absolute atomic E-state index is 0.965. The van der Waals surface area contributed by atoms with E-state index in [9.17, 15) is 13.3 Å². The molecule has 8 heteroatoms. The van der Waals surface area contributed by atoms with Gasteiger partial charge in [0.1, 0.15) is 0 Å². The highest BCUT2D eigenvalue weighted by molar-refractivity contribution is 7.84. The number of rotatable bonds is 2. The molecule has 0 radical (unpaired) electrons. The summed E-state index contributed by atoms with van der Waals surface area (Å²) in [5, 5.41) is 0. The second kappa shape index (κ2) is 2.67. The average molecular weight is 160 g/mol. The first-order chi connectivity index (χ1) is 3.42. The van der Waals surface area contributed by atoms with Crippen LogP contribution in [0.5, 0.6) is 0 Å². The van der Waals surface area contributed by atoms with Gasteiger partial charge in [-0.25, -0.2) is 4.57 Å². The number of hydrogen-bond acceptors (Lipinski definition) is 3. The Morgan fingerprint density at radius 2 is 2.00 bits per heavy atom. The Hall–Kier alpha value is 0.220. The first-order valence-corrected chi connectivity index (χ1v) is 4.03. The fraction of sp³-hybridized carbons (Fsp3) is 0. The van der Waals surface area contributed by atoms with Gasteiger partial charge in [0.25, 0.3) is 0 Å². The molecule has 0 aliphatic heterocycles. The summed E-state index contributed by atoms with van der Waals surface area (Å²) >= 11 is -2.90. The SMILES string of the molecule is O=S([O-])NP(=O)(O)O. The van der Waals surface area contributed by atoms with E-state index >= 15 is 0 Å². The molecule has 0 aromatic rings. The maximum absolute atomic E-state index is 9.63. The van der Waals surface area contributed by atoms with Crippen LogP contribution in [0.2, 0.25) is 0 Å². The summed E-state index contributed by atoms with van der Waals surface area (Å²) in [4.78, 5) is 15.6. The molecule has 1 atom stereocenters. The van der Waals surface area contributed by atoms with E-state index in [1.165, 1.54) is 0 Å². The van der Waals surface area contributed by atoms with Gasteiger partial charge >= 0.3 is 7.75 Å². The van der Waals surface area contributed by atoms with Crippen LogP contribution >= 0.6 is 7.75 Å². The minimum atomic E-state index is -4.58. The molecule has 0 amide bonds. The molecule has 0 fully saturated rings. The molecule has 50 valence electrons. The van der Waals surface area contributed by atoms with E-state index in [1.807, 2.05) is 0 Å². The van der Waals surface area contributed by atoms with Crippen LogP contribution in [0.4, 0.5) is 0 Å². The van der Waals surface area contributed by atoms with Crippen molar-refractivity contribution in [2.45, 2.75) is 0 Å². The van der Waals surface area contributed by atoms with Gasteiger partial charge in [0.2, 0.25) is 0 Å². The van der Waals surface area contributed by atoms with Crippen molar-refractivity contribution in [1.29, 1.82) is 0 Å². The second-order valence-corrected chi connectivity index (χ2v) is 3.16. The van der Waals surface area contributed by atoms with Crippen molar-refractivity contribution in [3.8, 4) is 0 Å². The van der Waals surface area contributed by atoms with Crippen LogP contribution in [-0.2, 0) is 15.8 Å². The van der Waals surface area contributed by atoms with Gasteiger partial charge in [-0.05, 0) is 0 Å². The smallest absolute Gasteiger partial charge is 0.411 e. The predicted molar refractivity (Wildman–Crippen MR) is 24.1 cm³/mol. The summed E-state index contributed by atoms with van der Waals surface area (Å²) in [6, 6.07) is 0. The van der Waals surface area contributed by atoms with Crippen molar-refractivity contribution in [2.75, 3.05) is 0 Å². The molecule has 0 saturated heterocycles. The van der Waals surface area contributed by atoms with Gasteiger partial charge in [-0.2, -0.15) is 4.49 Å². The van der Waals surface area contributed by atoms with Crippen molar-refractivity contribution in [1.82, 2.24) is 4.49 Å². The van der Waals surface area contributed by atoms with E-state index < -0.39 is 19.0 Å². The molecule has 0 rings (SSSR count). The van der Waals surface area contributed by atoms with Gasteiger partial charge in [0.05, 0.1) is 0 Å². The molecule has 0 aliphatic carbocycles. The van der Waals surface area contributed by atoms with Gasteiger partial charge in [-0.15, -0.1) is 0 Å². The first-order valence-electron chi connectivity index (χ1n) is 1.34. The molecule has 1 unspecified atom stereocenters. The van der Waals surface area contributed by atoms with Crippen molar-refractivity contribution in [2.24, 2.45) is 0 Å². The third-order valence-corrected chi connectivity index (χ3v) is 1.74. The maximum atomic E-state index is 9.63. The highest BCUT2D eigenvalue weighted by atomic mass is 32.2. The molecule has 0 aromatic carbocycles. The van der Waals surface area contributed by atoms with Gasteiger partial charge < -0.3 is 14.3 Å². The summed E-state index contributed by atoms with van der Waals surface area (Å²) in [7, 11) is -4.58. The van der Waals surface area contributed by atoms with Crippen LogP contribution in [0.25, 0.3) is 0 Å². The molecule has 8 heavy (non-hydrogen) atoms. The molecule has 0 aromatic heterocycles. The third-order valence-electron chi connectivity index (χ3n) is 0.193. The van der Waals surface area contributed by atoms with Gasteiger partial charge in [0, 0.05) is 11.3 Å². The van der Waals surface area contributed by atoms with Crippen molar-refractivity contribution in [3.05, 3.63) is 0 Å². The Balaban J connectivity index is 3.74. The first kappa shape index (κ1) is 8.22. The molecule has 3 N–H and O–H groups in total. The van der Waals surface area contributed by atoms with Crippen LogP contribution < -0.4 is 4.49 Å². The maximum Gasteiger partial charge on any atom is 0.411 e. The zero-order chi connectivity index (χ0) is 6.78. The lowest BCUT2D eigenvalue weighted by molar-refractivity contribution is 0.366. The number of hydrogen-bond donors (Lipinski definition) is 3. The molecule has 0 saturated carbocycles. The molecule has 0 heterocycles. The van der Waals surface area contributed by atoms with E-state index in [4.69, 9.17) is 9.79 Å². The lowest BCUT2D eigenvalue weighted by atomic mass is 13.9. The largest absolute Gasteiger partial charge is 0.759 e. The molecule has 0 spiro atoms. The molecule has 6 nitrogen and oxygen atoms in total. The summed E-state index contributed by atoms with van der Waals surface area (Å²) < 4.78 is 29.4. The summed E-state index contributed by atoms with van der Waals surface area (Å²) in [6.07, 6.45) is 0. The van der Waals surface area contributed by atoms with E-state index in [0.29, 0.717) is 0 Å². The fourth-order valence-electron chi connectivity index (χ4n) is 0.0971. The summed E-state index contributed by atoms with van der Waals surface area (Å²) in [5.41, 5.74) is 0. The second-order valence-electron chi connectivity index (χ2n) is 0.870. The Labute approximate surface area is 47.5 Å². The highest BCUT2D eigenvalue weighted by Gasteiger charge is 2.09. The normalized spacial score (nSPS) is 15.9. The van der Waals surface area contributed by atoms with Crippen molar-refractivity contribution >= 4 is 19.0 Å². The molecule has 0 bridgehead atoms.